The summed E-state index contributed by atoms with van der Waals surface area (Å²) in [6.07, 6.45) is 6.52. The fourth-order valence-electron chi connectivity index (χ4n) is 1.90. The maximum Gasteiger partial charge on any atom is 0.0576 e. The Bertz CT molecular complexity index is 333. The van der Waals surface area contributed by atoms with Crippen LogP contribution in [0.15, 0.2) is 30.9 Å². The predicted octanol–water partition coefficient (Wildman–Crippen LogP) is 3.79. The lowest BCUT2D eigenvalue weighted by Gasteiger charge is -2.18. The number of unbranched alkanes of at least 4 members (excludes halogenated alkanes) is 1. The quantitative estimate of drug-likeness (QED) is 0.545. The summed E-state index contributed by atoms with van der Waals surface area (Å²) in [5, 5.41) is 3.58. The summed E-state index contributed by atoms with van der Waals surface area (Å²) < 4.78 is 0. The molecule has 1 heterocycles. The van der Waals surface area contributed by atoms with Gasteiger partial charge in [-0.2, -0.15) is 0 Å². The lowest BCUT2D eigenvalue weighted by Crippen LogP contribution is -2.23. The second-order valence-electron chi connectivity index (χ2n) is 4.43. The summed E-state index contributed by atoms with van der Waals surface area (Å²) in [4.78, 5) is 4.62. The fraction of sp³-hybridized carbons (Fsp3) is 0.533. The van der Waals surface area contributed by atoms with Gasteiger partial charge >= 0.3 is 0 Å². The van der Waals surface area contributed by atoms with E-state index in [9.17, 15) is 0 Å². The van der Waals surface area contributed by atoms with Crippen molar-refractivity contribution in [3.05, 3.63) is 42.2 Å². The first kappa shape index (κ1) is 13.9. The molecule has 17 heavy (non-hydrogen) atoms. The van der Waals surface area contributed by atoms with Crippen LogP contribution >= 0.6 is 0 Å². The Morgan fingerprint density at radius 2 is 2.29 bits per heavy atom. The summed E-state index contributed by atoms with van der Waals surface area (Å²) in [5.41, 5.74) is 2.26. The van der Waals surface area contributed by atoms with E-state index in [1.165, 1.54) is 12.1 Å². The maximum atomic E-state index is 4.62. The number of pyridine rings is 1. The molecule has 0 aliphatic carbocycles. The van der Waals surface area contributed by atoms with Crippen molar-refractivity contribution in [3.8, 4) is 0 Å². The number of aromatic nitrogens is 1. The van der Waals surface area contributed by atoms with Crippen molar-refractivity contribution < 1.29 is 0 Å². The van der Waals surface area contributed by atoms with E-state index in [1.807, 2.05) is 19.1 Å². The highest BCUT2D eigenvalue weighted by molar-refractivity contribution is 5.13. The maximum absolute atomic E-state index is 4.62. The molecule has 0 bridgehead atoms. The Morgan fingerprint density at radius 3 is 2.94 bits per heavy atom. The van der Waals surface area contributed by atoms with Gasteiger partial charge in [0, 0.05) is 11.7 Å². The molecule has 0 spiro atoms. The average Bonchev–Trinajstić information content (AvgIpc) is 2.33. The lowest BCUT2D eigenvalue weighted by atomic mass is 10.1. The SMILES string of the molecule is C=CCCCC(NCCC)c1cccc(C)n1. The van der Waals surface area contributed by atoms with Crippen molar-refractivity contribution in [1.29, 1.82) is 0 Å². The van der Waals surface area contributed by atoms with Gasteiger partial charge in [-0.05, 0) is 51.3 Å². The van der Waals surface area contributed by atoms with Crippen LogP contribution in [-0.4, -0.2) is 11.5 Å². The van der Waals surface area contributed by atoms with Gasteiger partial charge in [0.05, 0.1) is 5.69 Å². The molecule has 0 saturated carbocycles. The van der Waals surface area contributed by atoms with E-state index in [-0.39, 0.29) is 0 Å². The molecular weight excluding hydrogens is 208 g/mol. The number of aryl methyl sites for hydroxylation is 1. The van der Waals surface area contributed by atoms with Crippen LogP contribution in [0, 0.1) is 6.92 Å². The second-order valence-corrected chi connectivity index (χ2v) is 4.43. The van der Waals surface area contributed by atoms with Gasteiger partial charge in [0.15, 0.2) is 0 Å². The van der Waals surface area contributed by atoms with Crippen LogP contribution in [0.4, 0.5) is 0 Å². The van der Waals surface area contributed by atoms with E-state index < -0.39 is 0 Å². The third-order valence-corrected chi connectivity index (χ3v) is 2.81. The molecule has 1 aromatic heterocycles. The second kappa shape index (κ2) is 8.02. The molecule has 0 aromatic carbocycles. The van der Waals surface area contributed by atoms with Crippen LogP contribution < -0.4 is 5.32 Å². The standard InChI is InChI=1S/C15H24N2/c1-4-6-7-10-14(16-12-5-2)15-11-8-9-13(3)17-15/h4,8-9,11,14,16H,1,5-7,10,12H2,2-3H3. The predicted molar refractivity (Wildman–Crippen MR) is 74.1 cm³/mol. The zero-order valence-electron chi connectivity index (χ0n) is 11.1. The van der Waals surface area contributed by atoms with Crippen molar-refractivity contribution in [1.82, 2.24) is 10.3 Å². The monoisotopic (exact) mass is 232 g/mol. The minimum atomic E-state index is 0.384. The van der Waals surface area contributed by atoms with E-state index in [2.05, 4.69) is 35.9 Å². The number of rotatable bonds is 8. The Hall–Kier alpha value is -1.15. The first-order valence-electron chi connectivity index (χ1n) is 6.55. The van der Waals surface area contributed by atoms with Gasteiger partial charge in [0.25, 0.3) is 0 Å². The largest absolute Gasteiger partial charge is 0.309 e. The van der Waals surface area contributed by atoms with Crippen molar-refractivity contribution in [2.24, 2.45) is 0 Å². The minimum Gasteiger partial charge on any atom is -0.309 e. The topological polar surface area (TPSA) is 24.9 Å². The van der Waals surface area contributed by atoms with E-state index in [1.54, 1.807) is 0 Å². The van der Waals surface area contributed by atoms with Crippen LogP contribution in [0.25, 0.3) is 0 Å². The van der Waals surface area contributed by atoms with Crippen molar-refractivity contribution >= 4 is 0 Å². The van der Waals surface area contributed by atoms with Gasteiger partial charge in [0.1, 0.15) is 0 Å². The molecule has 1 atom stereocenters. The molecule has 0 saturated heterocycles. The van der Waals surface area contributed by atoms with Gasteiger partial charge < -0.3 is 5.32 Å². The highest BCUT2D eigenvalue weighted by atomic mass is 14.9. The number of nitrogens with zero attached hydrogens (tertiary/aromatic N) is 1. The first-order valence-corrected chi connectivity index (χ1v) is 6.55. The molecule has 2 nitrogen and oxygen atoms in total. The molecule has 1 N–H and O–H groups in total. The average molecular weight is 232 g/mol. The Balaban J connectivity index is 2.63. The number of hydrogen-bond acceptors (Lipinski definition) is 2. The van der Waals surface area contributed by atoms with Gasteiger partial charge in [-0.15, -0.1) is 6.58 Å². The van der Waals surface area contributed by atoms with Gasteiger partial charge in [0.2, 0.25) is 0 Å². The molecular formula is C15H24N2. The summed E-state index contributed by atoms with van der Waals surface area (Å²) in [7, 11) is 0. The van der Waals surface area contributed by atoms with Crippen LogP contribution in [0.5, 0.6) is 0 Å². The third-order valence-electron chi connectivity index (χ3n) is 2.81. The first-order chi connectivity index (χ1) is 8.27. The van der Waals surface area contributed by atoms with E-state index in [0.29, 0.717) is 6.04 Å². The van der Waals surface area contributed by atoms with Gasteiger partial charge in [-0.25, -0.2) is 0 Å². The van der Waals surface area contributed by atoms with Gasteiger partial charge in [-0.3, -0.25) is 4.98 Å². The molecule has 94 valence electrons. The van der Waals surface area contributed by atoms with Gasteiger partial charge in [-0.1, -0.05) is 19.1 Å². The molecule has 0 radical (unpaired) electrons. The minimum absolute atomic E-state index is 0.384. The molecule has 0 aliphatic heterocycles. The smallest absolute Gasteiger partial charge is 0.0576 e. The van der Waals surface area contributed by atoms with Crippen LogP contribution in [-0.2, 0) is 0 Å². The Labute approximate surface area is 105 Å². The number of nitrogens with one attached hydrogen (secondary N) is 1. The zero-order valence-corrected chi connectivity index (χ0v) is 11.1. The molecule has 0 fully saturated rings. The highest BCUT2D eigenvalue weighted by Gasteiger charge is 2.11. The molecule has 2 heteroatoms. The lowest BCUT2D eigenvalue weighted by molar-refractivity contribution is 0.476. The van der Waals surface area contributed by atoms with Crippen LogP contribution in [0.2, 0.25) is 0 Å². The zero-order chi connectivity index (χ0) is 12.5. The van der Waals surface area contributed by atoms with Crippen LogP contribution in [0.1, 0.15) is 50.0 Å². The van der Waals surface area contributed by atoms with Crippen molar-refractivity contribution in [2.45, 2.75) is 45.6 Å². The fourth-order valence-corrected chi connectivity index (χ4v) is 1.90. The number of allylic oxidation sites excluding steroid dienone is 1. The molecule has 1 unspecified atom stereocenters. The molecule has 1 rings (SSSR count). The summed E-state index contributed by atoms with van der Waals surface area (Å²) >= 11 is 0. The Kier molecular flexibility index (Phi) is 6.56. The Morgan fingerprint density at radius 1 is 1.47 bits per heavy atom. The molecule has 0 amide bonds. The normalized spacial score (nSPS) is 12.4. The van der Waals surface area contributed by atoms with E-state index in [4.69, 9.17) is 0 Å². The highest BCUT2D eigenvalue weighted by Crippen LogP contribution is 2.18. The van der Waals surface area contributed by atoms with Crippen molar-refractivity contribution in [3.63, 3.8) is 0 Å². The molecule has 0 aliphatic rings. The van der Waals surface area contributed by atoms with Crippen molar-refractivity contribution in [2.75, 3.05) is 6.54 Å². The van der Waals surface area contributed by atoms with E-state index in [0.717, 1.165) is 31.5 Å². The van der Waals surface area contributed by atoms with E-state index >= 15 is 0 Å². The summed E-state index contributed by atoms with van der Waals surface area (Å²) in [6.45, 7) is 9.06. The molecule has 1 aromatic rings. The number of hydrogen-bond donors (Lipinski definition) is 1. The summed E-state index contributed by atoms with van der Waals surface area (Å²) in [6, 6.07) is 6.64. The summed E-state index contributed by atoms with van der Waals surface area (Å²) in [5.74, 6) is 0. The third kappa shape index (κ3) is 5.14. The van der Waals surface area contributed by atoms with Crippen LogP contribution in [0.3, 0.4) is 0 Å².